The third-order valence-corrected chi connectivity index (χ3v) is 4.32. The van der Waals surface area contributed by atoms with Gasteiger partial charge in [-0.3, -0.25) is 10.6 Å². The highest BCUT2D eigenvalue weighted by Crippen LogP contribution is 2.19. The van der Waals surface area contributed by atoms with Crippen LogP contribution in [0.4, 0.5) is 5.69 Å². The Labute approximate surface area is 126 Å². The van der Waals surface area contributed by atoms with Gasteiger partial charge in [-0.1, -0.05) is 0 Å². The van der Waals surface area contributed by atoms with E-state index in [1.54, 1.807) is 6.07 Å². The lowest BCUT2D eigenvalue weighted by Gasteiger charge is -2.28. The number of amides is 1. The highest BCUT2D eigenvalue weighted by atomic mass is 16.1. The Morgan fingerprint density at radius 1 is 1.38 bits per heavy atom. The second-order valence-corrected chi connectivity index (χ2v) is 5.97. The number of nitrogens with zero attached hydrogens (tertiary/aromatic N) is 1. The lowest BCUT2D eigenvalue weighted by atomic mass is 9.94. The number of carbonyl (C=O) groups excluding carboxylic acids is 1. The van der Waals surface area contributed by atoms with Crippen LogP contribution in [0.2, 0.25) is 0 Å². The van der Waals surface area contributed by atoms with E-state index in [0.29, 0.717) is 5.56 Å². The summed E-state index contributed by atoms with van der Waals surface area (Å²) in [5.41, 5.74) is 5.12. The van der Waals surface area contributed by atoms with Crippen LogP contribution in [0.15, 0.2) is 18.2 Å². The minimum atomic E-state index is -0.00500. The fourth-order valence-electron chi connectivity index (χ4n) is 2.81. The molecule has 5 nitrogen and oxygen atoms in total. The molecule has 0 saturated carbocycles. The molecule has 116 valence electrons. The van der Waals surface area contributed by atoms with Crippen molar-refractivity contribution >= 4 is 11.6 Å². The van der Waals surface area contributed by atoms with Crippen molar-refractivity contribution in [3.05, 3.63) is 29.3 Å². The Balaban J connectivity index is 1.78. The molecule has 0 aromatic heterocycles. The fraction of sp³-hybridized carbons (Fsp3) is 0.562. The van der Waals surface area contributed by atoms with Crippen molar-refractivity contribution in [1.29, 1.82) is 0 Å². The van der Waals surface area contributed by atoms with E-state index in [1.165, 1.54) is 25.9 Å². The van der Waals surface area contributed by atoms with E-state index >= 15 is 0 Å². The van der Waals surface area contributed by atoms with Gasteiger partial charge in [-0.25, -0.2) is 0 Å². The second-order valence-electron chi connectivity index (χ2n) is 5.97. The van der Waals surface area contributed by atoms with Gasteiger partial charge < -0.3 is 15.6 Å². The number of hydrogen-bond acceptors (Lipinski definition) is 4. The van der Waals surface area contributed by atoms with Crippen LogP contribution >= 0.6 is 0 Å². The number of hydrazine groups is 1. The molecule has 1 heterocycles. The molecule has 1 saturated heterocycles. The van der Waals surface area contributed by atoms with Gasteiger partial charge in [0.15, 0.2) is 0 Å². The summed E-state index contributed by atoms with van der Waals surface area (Å²) in [5, 5.41) is 3.02. The van der Waals surface area contributed by atoms with Crippen LogP contribution in [0, 0.1) is 12.8 Å². The highest BCUT2D eigenvalue weighted by molar-refractivity contribution is 5.94. The van der Waals surface area contributed by atoms with Crippen LogP contribution in [0.5, 0.6) is 0 Å². The van der Waals surface area contributed by atoms with Gasteiger partial charge >= 0.3 is 0 Å². The summed E-state index contributed by atoms with van der Waals surface area (Å²) in [4.78, 5) is 14.5. The van der Waals surface area contributed by atoms with Crippen molar-refractivity contribution in [2.75, 3.05) is 32.1 Å². The predicted octanol–water partition coefficient (Wildman–Crippen LogP) is 1.74. The number of carbonyl (C=O) groups is 1. The van der Waals surface area contributed by atoms with E-state index in [4.69, 9.17) is 5.84 Å². The Morgan fingerprint density at radius 2 is 2.10 bits per heavy atom. The number of benzene rings is 1. The average molecular weight is 290 g/mol. The molecule has 21 heavy (non-hydrogen) atoms. The Hall–Kier alpha value is -1.59. The molecule has 1 aromatic carbocycles. The first-order valence-electron chi connectivity index (χ1n) is 7.64. The third-order valence-electron chi connectivity index (χ3n) is 4.32. The second kappa shape index (κ2) is 7.43. The number of anilines is 1. The van der Waals surface area contributed by atoms with E-state index in [0.717, 1.165) is 30.1 Å². The van der Waals surface area contributed by atoms with Crippen LogP contribution in [-0.2, 0) is 0 Å². The van der Waals surface area contributed by atoms with Gasteiger partial charge in [0.2, 0.25) is 0 Å². The summed E-state index contributed by atoms with van der Waals surface area (Å²) in [6.07, 6.45) is 3.55. The molecular formula is C16H26N4O. The number of piperidine rings is 1. The van der Waals surface area contributed by atoms with Crippen LogP contribution in [0.25, 0.3) is 0 Å². The van der Waals surface area contributed by atoms with Gasteiger partial charge in [-0.05, 0) is 76.0 Å². The minimum absolute atomic E-state index is 0.00500. The first kappa shape index (κ1) is 15.8. The van der Waals surface area contributed by atoms with E-state index in [-0.39, 0.29) is 5.91 Å². The molecule has 4 N–H and O–H groups in total. The normalized spacial score (nSPS) is 16.7. The topological polar surface area (TPSA) is 70.4 Å². The average Bonchev–Trinajstić information content (AvgIpc) is 2.49. The maximum absolute atomic E-state index is 12.1. The van der Waals surface area contributed by atoms with Crippen molar-refractivity contribution < 1.29 is 4.79 Å². The smallest absolute Gasteiger partial charge is 0.251 e. The zero-order valence-corrected chi connectivity index (χ0v) is 13.0. The number of likely N-dealkylation sites (tertiary alicyclic amines) is 1. The van der Waals surface area contributed by atoms with E-state index in [1.807, 2.05) is 19.1 Å². The molecule has 1 amide bonds. The maximum Gasteiger partial charge on any atom is 0.251 e. The van der Waals surface area contributed by atoms with E-state index < -0.39 is 0 Å². The molecule has 1 aliphatic heterocycles. The zero-order chi connectivity index (χ0) is 15.2. The number of nitrogen functional groups attached to an aromatic ring is 1. The van der Waals surface area contributed by atoms with E-state index in [2.05, 4.69) is 22.7 Å². The molecule has 1 aromatic rings. The molecular weight excluding hydrogens is 264 g/mol. The quantitative estimate of drug-likeness (QED) is 0.571. The molecule has 0 spiro atoms. The maximum atomic E-state index is 12.1. The SMILES string of the molecule is Cc1cc(C(=O)NCCC2CCN(C)CC2)ccc1NN. The Kier molecular flexibility index (Phi) is 5.59. The van der Waals surface area contributed by atoms with Crippen LogP contribution in [-0.4, -0.2) is 37.5 Å². The van der Waals surface area contributed by atoms with Gasteiger partial charge in [0.05, 0.1) is 5.69 Å². The molecule has 2 rings (SSSR count). The minimum Gasteiger partial charge on any atom is -0.352 e. The molecule has 1 fully saturated rings. The van der Waals surface area contributed by atoms with Gasteiger partial charge in [0.1, 0.15) is 0 Å². The molecule has 0 aliphatic carbocycles. The summed E-state index contributed by atoms with van der Waals surface area (Å²) in [6, 6.07) is 5.49. The molecule has 0 atom stereocenters. The summed E-state index contributed by atoms with van der Waals surface area (Å²) >= 11 is 0. The summed E-state index contributed by atoms with van der Waals surface area (Å²) in [5.74, 6) is 6.13. The molecule has 0 bridgehead atoms. The number of nitrogens with one attached hydrogen (secondary N) is 2. The molecule has 1 aliphatic rings. The van der Waals surface area contributed by atoms with E-state index in [9.17, 15) is 4.79 Å². The predicted molar refractivity (Wildman–Crippen MR) is 86.2 cm³/mol. The highest BCUT2D eigenvalue weighted by Gasteiger charge is 2.16. The standard InChI is InChI=1S/C16H26N4O/c1-12-11-14(3-4-15(12)19-17)16(21)18-8-5-13-6-9-20(2)10-7-13/h3-4,11,13,19H,5-10,17H2,1-2H3,(H,18,21). The third kappa shape index (κ3) is 4.44. The summed E-state index contributed by atoms with van der Waals surface area (Å²) < 4.78 is 0. The molecule has 0 radical (unpaired) electrons. The van der Waals surface area contributed by atoms with Gasteiger partial charge in [0, 0.05) is 12.1 Å². The first-order chi connectivity index (χ1) is 10.1. The van der Waals surface area contributed by atoms with Crippen molar-refractivity contribution in [2.45, 2.75) is 26.2 Å². The van der Waals surface area contributed by atoms with Gasteiger partial charge in [-0.15, -0.1) is 0 Å². The zero-order valence-electron chi connectivity index (χ0n) is 13.0. The van der Waals surface area contributed by atoms with Crippen molar-refractivity contribution in [2.24, 2.45) is 11.8 Å². The molecule has 5 heteroatoms. The largest absolute Gasteiger partial charge is 0.352 e. The van der Waals surface area contributed by atoms with Crippen molar-refractivity contribution in [1.82, 2.24) is 10.2 Å². The molecule has 0 unspecified atom stereocenters. The summed E-state index contributed by atoms with van der Waals surface area (Å²) in [7, 11) is 2.17. The van der Waals surface area contributed by atoms with Gasteiger partial charge in [0.25, 0.3) is 5.91 Å². The number of aryl methyl sites for hydroxylation is 1. The number of nitrogens with two attached hydrogens (primary N) is 1. The fourth-order valence-corrected chi connectivity index (χ4v) is 2.81. The van der Waals surface area contributed by atoms with Crippen LogP contribution < -0.4 is 16.6 Å². The number of rotatable bonds is 5. The van der Waals surface area contributed by atoms with Crippen molar-refractivity contribution in [3.63, 3.8) is 0 Å². The lowest BCUT2D eigenvalue weighted by Crippen LogP contribution is -2.32. The van der Waals surface area contributed by atoms with Crippen molar-refractivity contribution in [3.8, 4) is 0 Å². The monoisotopic (exact) mass is 290 g/mol. The summed E-state index contributed by atoms with van der Waals surface area (Å²) in [6.45, 7) is 5.03. The Morgan fingerprint density at radius 3 is 2.71 bits per heavy atom. The number of hydrogen-bond donors (Lipinski definition) is 3. The Bertz CT molecular complexity index is 481. The van der Waals surface area contributed by atoms with Gasteiger partial charge in [-0.2, -0.15) is 0 Å². The first-order valence-corrected chi connectivity index (χ1v) is 7.64. The van der Waals surface area contributed by atoms with Crippen LogP contribution in [0.1, 0.15) is 35.2 Å². The lowest BCUT2D eigenvalue weighted by molar-refractivity contribution is 0.0949. The van der Waals surface area contributed by atoms with Crippen LogP contribution in [0.3, 0.4) is 0 Å².